The maximum atomic E-state index is 13.5. The molecule has 0 aliphatic rings. The minimum Gasteiger partial charge on any atom is -0.376 e. The van der Waals surface area contributed by atoms with Crippen LogP contribution in [0, 0.1) is 17.5 Å². The van der Waals surface area contributed by atoms with Gasteiger partial charge >= 0.3 is 0 Å². The second kappa shape index (κ2) is 5.34. The summed E-state index contributed by atoms with van der Waals surface area (Å²) in [5.41, 5.74) is 0.611. The van der Waals surface area contributed by atoms with Gasteiger partial charge in [-0.3, -0.25) is 4.68 Å². The Morgan fingerprint density at radius 3 is 2.68 bits per heavy atom. The lowest BCUT2D eigenvalue weighted by Crippen LogP contribution is -2.08. The Morgan fingerprint density at radius 2 is 2.05 bits per heavy atom. The molecule has 2 aromatic rings. The number of hydrogen-bond donors (Lipinski definition) is 1. The number of halogens is 3. The molecule has 19 heavy (non-hydrogen) atoms. The molecule has 0 saturated carbocycles. The van der Waals surface area contributed by atoms with E-state index in [0.717, 1.165) is 18.2 Å². The summed E-state index contributed by atoms with van der Waals surface area (Å²) in [6.45, 7) is 4.42. The number of hydrogen-bond acceptors (Lipinski definition) is 2. The summed E-state index contributed by atoms with van der Waals surface area (Å²) >= 11 is 0. The minimum absolute atomic E-state index is 0.200. The predicted octanol–water partition coefficient (Wildman–Crippen LogP) is 3.49. The van der Waals surface area contributed by atoms with Crippen molar-refractivity contribution in [1.82, 2.24) is 9.78 Å². The third-order valence-corrected chi connectivity index (χ3v) is 2.84. The van der Waals surface area contributed by atoms with E-state index in [1.165, 1.54) is 0 Å². The lowest BCUT2D eigenvalue weighted by molar-refractivity contribution is 0.496. The molecule has 1 aromatic carbocycles. The highest BCUT2D eigenvalue weighted by atomic mass is 19.2. The molecule has 0 amide bonds. The van der Waals surface area contributed by atoms with Crippen molar-refractivity contribution in [2.24, 2.45) is 0 Å². The Morgan fingerprint density at radius 1 is 1.32 bits per heavy atom. The fourth-order valence-electron chi connectivity index (χ4n) is 1.75. The van der Waals surface area contributed by atoms with E-state index in [2.05, 4.69) is 10.4 Å². The number of rotatable bonds is 4. The normalized spacial score (nSPS) is 12.5. The van der Waals surface area contributed by atoms with Crippen LogP contribution >= 0.6 is 0 Å². The zero-order chi connectivity index (χ0) is 14.0. The molecule has 1 heterocycles. The first-order valence-corrected chi connectivity index (χ1v) is 5.94. The Balaban J connectivity index is 2.21. The minimum atomic E-state index is -1.21. The average Bonchev–Trinajstić information content (AvgIpc) is 2.84. The third kappa shape index (κ3) is 2.89. The molecule has 6 heteroatoms. The quantitative estimate of drug-likeness (QED) is 0.861. The van der Waals surface area contributed by atoms with Crippen molar-refractivity contribution in [1.29, 1.82) is 0 Å². The summed E-state index contributed by atoms with van der Waals surface area (Å²) in [4.78, 5) is 0. The van der Waals surface area contributed by atoms with Crippen molar-refractivity contribution in [3.05, 3.63) is 47.5 Å². The predicted molar refractivity (Wildman–Crippen MR) is 66.3 cm³/mol. The molecule has 1 unspecified atom stereocenters. The topological polar surface area (TPSA) is 29.9 Å². The summed E-state index contributed by atoms with van der Waals surface area (Å²) < 4.78 is 41.4. The summed E-state index contributed by atoms with van der Waals surface area (Å²) in [5, 5.41) is 6.83. The van der Waals surface area contributed by atoms with Crippen molar-refractivity contribution < 1.29 is 13.2 Å². The molecular weight excluding hydrogens is 255 g/mol. The highest BCUT2D eigenvalue weighted by Crippen LogP contribution is 2.24. The fourth-order valence-corrected chi connectivity index (χ4v) is 1.75. The highest BCUT2D eigenvalue weighted by molar-refractivity contribution is 5.47. The first-order valence-electron chi connectivity index (χ1n) is 5.94. The molecule has 1 aromatic heterocycles. The van der Waals surface area contributed by atoms with Crippen LogP contribution in [-0.2, 0) is 6.54 Å². The van der Waals surface area contributed by atoms with Crippen molar-refractivity contribution >= 4 is 5.69 Å². The molecule has 2 rings (SSSR count). The van der Waals surface area contributed by atoms with Gasteiger partial charge in [-0.15, -0.1) is 0 Å². The largest absolute Gasteiger partial charge is 0.376 e. The monoisotopic (exact) mass is 269 g/mol. The fraction of sp³-hybridized carbons (Fsp3) is 0.308. The number of nitrogens with zero attached hydrogens (tertiary/aromatic N) is 2. The van der Waals surface area contributed by atoms with Gasteiger partial charge in [0.15, 0.2) is 11.6 Å². The number of benzene rings is 1. The van der Waals surface area contributed by atoms with Crippen LogP contribution in [0.2, 0.25) is 0 Å². The van der Waals surface area contributed by atoms with Gasteiger partial charge in [0.25, 0.3) is 0 Å². The standard InChI is InChI=1S/C13H14F3N3/c1-3-19-7-9(6-17-19)8(2)18-12-5-10(14)4-11(15)13(12)16/h4-8,18H,3H2,1-2H3. The molecule has 0 bridgehead atoms. The average molecular weight is 269 g/mol. The van der Waals surface area contributed by atoms with Crippen LogP contribution in [0.25, 0.3) is 0 Å². The molecular formula is C13H14F3N3. The second-order valence-electron chi connectivity index (χ2n) is 4.24. The Labute approximate surface area is 109 Å². The smallest absolute Gasteiger partial charge is 0.182 e. The van der Waals surface area contributed by atoms with Gasteiger partial charge in [0, 0.05) is 30.4 Å². The molecule has 3 nitrogen and oxygen atoms in total. The Kier molecular flexibility index (Phi) is 3.78. The number of aryl methyl sites for hydroxylation is 1. The van der Waals surface area contributed by atoms with Gasteiger partial charge in [0.1, 0.15) is 5.82 Å². The van der Waals surface area contributed by atoms with Crippen LogP contribution in [0.15, 0.2) is 24.5 Å². The molecule has 102 valence electrons. The zero-order valence-electron chi connectivity index (χ0n) is 10.6. The Hall–Kier alpha value is -1.98. The maximum Gasteiger partial charge on any atom is 0.182 e. The summed E-state index contributed by atoms with van der Waals surface area (Å²) in [6, 6.07) is 1.13. The lowest BCUT2D eigenvalue weighted by Gasteiger charge is -2.14. The van der Waals surface area contributed by atoms with E-state index in [0.29, 0.717) is 6.07 Å². The van der Waals surface area contributed by atoms with Gasteiger partial charge in [-0.2, -0.15) is 5.10 Å². The summed E-state index contributed by atoms with van der Waals surface area (Å²) in [7, 11) is 0. The van der Waals surface area contributed by atoms with Crippen LogP contribution in [0.1, 0.15) is 25.5 Å². The lowest BCUT2D eigenvalue weighted by atomic mass is 10.1. The highest BCUT2D eigenvalue weighted by Gasteiger charge is 2.14. The van der Waals surface area contributed by atoms with Gasteiger partial charge in [0.2, 0.25) is 0 Å². The molecule has 0 spiro atoms. The molecule has 0 fully saturated rings. The first-order chi connectivity index (χ1) is 9.01. The summed E-state index contributed by atoms with van der Waals surface area (Å²) in [5.74, 6) is -3.12. The van der Waals surface area contributed by atoms with Crippen LogP contribution in [0.4, 0.5) is 18.9 Å². The summed E-state index contributed by atoms with van der Waals surface area (Å²) in [6.07, 6.45) is 3.43. The van der Waals surface area contributed by atoms with Gasteiger partial charge in [-0.1, -0.05) is 0 Å². The van der Waals surface area contributed by atoms with Crippen molar-refractivity contribution in [3.8, 4) is 0 Å². The number of aromatic nitrogens is 2. The SMILES string of the molecule is CCn1cc(C(C)Nc2cc(F)cc(F)c2F)cn1. The van der Waals surface area contributed by atoms with Crippen LogP contribution < -0.4 is 5.32 Å². The van der Waals surface area contributed by atoms with Crippen LogP contribution in [-0.4, -0.2) is 9.78 Å². The third-order valence-electron chi connectivity index (χ3n) is 2.84. The van der Waals surface area contributed by atoms with Crippen molar-refractivity contribution in [2.75, 3.05) is 5.32 Å². The molecule has 0 aliphatic heterocycles. The van der Waals surface area contributed by atoms with Gasteiger partial charge in [-0.05, 0) is 13.8 Å². The molecule has 1 N–H and O–H groups in total. The van der Waals surface area contributed by atoms with E-state index in [4.69, 9.17) is 0 Å². The van der Waals surface area contributed by atoms with Crippen molar-refractivity contribution in [3.63, 3.8) is 0 Å². The van der Waals surface area contributed by atoms with E-state index in [1.54, 1.807) is 24.0 Å². The molecule has 0 saturated heterocycles. The van der Waals surface area contributed by atoms with E-state index >= 15 is 0 Å². The van der Waals surface area contributed by atoms with Crippen LogP contribution in [0.5, 0.6) is 0 Å². The van der Waals surface area contributed by atoms with E-state index < -0.39 is 17.5 Å². The van der Waals surface area contributed by atoms with Gasteiger partial charge in [0.05, 0.1) is 17.9 Å². The first kappa shape index (κ1) is 13.5. The van der Waals surface area contributed by atoms with E-state index in [9.17, 15) is 13.2 Å². The van der Waals surface area contributed by atoms with E-state index in [-0.39, 0.29) is 11.7 Å². The van der Waals surface area contributed by atoms with Gasteiger partial charge < -0.3 is 5.32 Å². The van der Waals surface area contributed by atoms with Crippen LogP contribution in [0.3, 0.4) is 0 Å². The van der Waals surface area contributed by atoms with Crippen molar-refractivity contribution in [2.45, 2.75) is 26.4 Å². The van der Waals surface area contributed by atoms with E-state index in [1.807, 2.05) is 6.92 Å². The number of nitrogens with one attached hydrogen (secondary N) is 1. The maximum absolute atomic E-state index is 13.5. The second-order valence-corrected chi connectivity index (χ2v) is 4.24. The Bertz CT molecular complexity index is 581. The zero-order valence-corrected chi connectivity index (χ0v) is 10.6. The molecule has 1 atom stereocenters. The molecule has 0 radical (unpaired) electrons. The number of anilines is 1. The van der Waals surface area contributed by atoms with Gasteiger partial charge in [-0.25, -0.2) is 13.2 Å². The molecule has 0 aliphatic carbocycles.